The summed E-state index contributed by atoms with van der Waals surface area (Å²) < 4.78 is 6.28. The number of aromatic nitrogens is 3. The van der Waals surface area contributed by atoms with E-state index in [1.54, 1.807) is 0 Å². The Morgan fingerprint density at radius 1 is 0.512 bits per heavy atom. The molecule has 41 heavy (non-hydrogen) atoms. The molecule has 0 N–H and O–H groups in total. The molecule has 1 aliphatic carbocycles. The van der Waals surface area contributed by atoms with E-state index in [9.17, 15) is 0 Å². The van der Waals surface area contributed by atoms with E-state index in [2.05, 4.69) is 103 Å². The van der Waals surface area contributed by atoms with Crippen LogP contribution in [0, 0.1) is 0 Å². The molecule has 0 spiro atoms. The Balaban J connectivity index is 1.25. The van der Waals surface area contributed by atoms with E-state index in [-0.39, 0.29) is 12.0 Å². The first-order chi connectivity index (χ1) is 20.3. The molecule has 1 aliphatic heterocycles. The summed E-state index contributed by atoms with van der Waals surface area (Å²) in [5.74, 6) is 3.07. The van der Waals surface area contributed by atoms with Crippen LogP contribution in [0.15, 0.2) is 140 Å². The number of ether oxygens (including phenoxy) is 1. The highest BCUT2D eigenvalue weighted by Crippen LogP contribution is 2.48. The lowest BCUT2D eigenvalue weighted by Gasteiger charge is -2.23. The fourth-order valence-electron chi connectivity index (χ4n) is 5.90. The maximum Gasteiger partial charge on any atom is 0.164 e. The van der Waals surface area contributed by atoms with Crippen LogP contribution in [0.1, 0.15) is 17.0 Å². The van der Waals surface area contributed by atoms with E-state index < -0.39 is 0 Å². The number of allylic oxidation sites excluding steroid dienone is 2. The Labute approximate surface area is 238 Å². The SMILES string of the molecule is C1=CC2Oc3ccccc3C2C(c2cccc(-c3nc(-c4ccccc4)nc(-c4ccc5ccccc5c4)n3)c2)=C1. The normalized spacial score (nSPS) is 17.0. The van der Waals surface area contributed by atoms with Crippen LogP contribution in [0.2, 0.25) is 0 Å². The van der Waals surface area contributed by atoms with Crippen molar-refractivity contribution in [3.8, 4) is 39.9 Å². The van der Waals surface area contributed by atoms with Gasteiger partial charge in [-0.1, -0.05) is 115 Å². The average Bonchev–Trinajstić information content (AvgIpc) is 3.44. The van der Waals surface area contributed by atoms with Gasteiger partial charge in [-0.2, -0.15) is 0 Å². The van der Waals surface area contributed by atoms with Gasteiger partial charge in [0.25, 0.3) is 0 Å². The zero-order valence-corrected chi connectivity index (χ0v) is 22.2. The number of nitrogens with zero attached hydrogens (tertiary/aromatic N) is 3. The maximum absolute atomic E-state index is 6.28. The van der Waals surface area contributed by atoms with Crippen LogP contribution >= 0.6 is 0 Å². The van der Waals surface area contributed by atoms with Gasteiger partial charge in [0.05, 0.1) is 5.92 Å². The molecule has 194 valence electrons. The first kappa shape index (κ1) is 23.5. The minimum absolute atomic E-state index is 0.00239. The molecular formula is C37H25N3O. The van der Waals surface area contributed by atoms with Crippen LogP contribution in [0.4, 0.5) is 0 Å². The predicted octanol–water partition coefficient (Wildman–Crippen LogP) is 8.52. The van der Waals surface area contributed by atoms with Crippen LogP contribution in [0.3, 0.4) is 0 Å². The highest BCUT2D eigenvalue weighted by atomic mass is 16.5. The van der Waals surface area contributed by atoms with Gasteiger partial charge in [0, 0.05) is 22.3 Å². The Morgan fingerprint density at radius 3 is 2.02 bits per heavy atom. The van der Waals surface area contributed by atoms with Crippen LogP contribution in [0.25, 0.3) is 50.5 Å². The first-order valence-electron chi connectivity index (χ1n) is 13.9. The molecule has 0 fully saturated rings. The first-order valence-corrected chi connectivity index (χ1v) is 13.9. The summed E-state index contributed by atoms with van der Waals surface area (Å²) >= 11 is 0. The third-order valence-electron chi connectivity index (χ3n) is 7.89. The summed E-state index contributed by atoms with van der Waals surface area (Å²) in [4.78, 5) is 14.9. The highest BCUT2D eigenvalue weighted by Gasteiger charge is 2.36. The van der Waals surface area contributed by atoms with Crippen molar-refractivity contribution in [3.05, 3.63) is 151 Å². The van der Waals surface area contributed by atoms with Crippen molar-refractivity contribution in [2.75, 3.05) is 0 Å². The quantitative estimate of drug-likeness (QED) is 0.231. The molecule has 1 aromatic heterocycles. The lowest BCUT2D eigenvalue weighted by Crippen LogP contribution is -2.19. The van der Waals surface area contributed by atoms with Gasteiger partial charge in [-0.15, -0.1) is 0 Å². The van der Waals surface area contributed by atoms with Gasteiger partial charge in [0.1, 0.15) is 11.9 Å². The highest BCUT2D eigenvalue weighted by molar-refractivity contribution is 5.87. The number of fused-ring (bicyclic) bond motifs is 4. The molecule has 5 aromatic carbocycles. The van der Waals surface area contributed by atoms with E-state index >= 15 is 0 Å². The molecule has 2 heterocycles. The summed E-state index contributed by atoms with van der Waals surface area (Å²) in [5, 5.41) is 2.34. The zero-order valence-electron chi connectivity index (χ0n) is 22.2. The number of benzene rings is 5. The van der Waals surface area contributed by atoms with Crippen molar-refractivity contribution in [3.63, 3.8) is 0 Å². The lowest BCUT2D eigenvalue weighted by molar-refractivity contribution is 0.271. The second-order valence-corrected chi connectivity index (χ2v) is 10.4. The molecule has 0 saturated heterocycles. The molecule has 2 unspecified atom stereocenters. The Kier molecular flexibility index (Phi) is 5.56. The van der Waals surface area contributed by atoms with Crippen molar-refractivity contribution in [2.45, 2.75) is 12.0 Å². The molecule has 8 rings (SSSR count). The molecule has 0 radical (unpaired) electrons. The molecular weight excluding hydrogens is 502 g/mol. The van der Waals surface area contributed by atoms with Crippen molar-refractivity contribution < 1.29 is 4.74 Å². The van der Waals surface area contributed by atoms with Crippen LogP contribution in [-0.4, -0.2) is 21.1 Å². The third kappa shape index (κ3) is 4.21. The minimum atomic E-state index is -0.00239. The molecule has 0 amide bonds. The molecule has 2 atom stereocenters. The van der Waals surface area contributed by atoms with Gasteiger partial charge in [-0.3, -0.25) is 0 Å². The van der Waals surface area contributed by atoms with Crippen molar-refractivity contribution >= 4 is 16.3 Å². The summed E-state index contributed by atoms with van der Waals surface area (Å²) in [6.45, 7) is 0. The summed E-state index contributed by atoms with van der Waals surface area (Å²) in [6, 6.07) is 41.7. The number of hydrogen-bond acceptors (Lipinski definition) is 4. The average molecular weight is 528 g/mol. The van der Waals surface area contributed by atoms with Gasteiger partial charge >= 0.3 is 0 Å². The smallest absolute Gasteiger partial charge is 0.164 e. The number of para-hydroxylation sites is 1. The number of hydrogen-bond donors (Lipinski definition) is 0. The molecule has 6 aromatic rings. The second-order valence-electron chi connectivity index (χ2n) is 10.4. The molecule has 0 saturated carbocycles. The van der Waals surface area contributed by atoms with Gasteiger partial charge in [0.15, 0.2) is 17.5 Å². The van der Waals surface area contributed by atoms with Crippen molar-refractivity contribution in [2.24, 2.45) is 0 Å². The van der Waals surface area contributed by atoms with Crippen molar-refractivity contribution in [1.29, 1.82) is 0 Å². The molecule has 4 nitrogen and oxygen atoms in total. The van der Waals surface area contributed by atoms with E-state index in [0.29, 0.717) is 17.5 Å². The molecule has 0 bridgehead atoms. The molecule has 2 aliphatic rings. The fraction of sp³-hybridized carbons (Fsp3) is 0.0541. The van der Waals surface area contributed by atoms with E-state index in [4.69, 9.17) is 19.7 Å². The second kappa shape index (κ2) is 9.68. The van der Waals surface area contributed by atoms with Crippen LogP contribution in [0.5, 0.6) is 5.75 Å². The van der Waals surface area contributed by atoms with Gasteiger partial charge in [0.2, 0.25) is 0 Å². The Hall–Kier alpha value is -5.35. The predicted molar refractivity (Wildman–Crippen MR) is 164 cm³/mol. The third-order valence-corrected chi connectivity index (χ3v) is 7.89. The fourth-order valence-corrected chi connectivity index (χ4v) is 5.90. The summed E-state index contributed by atoms with van der Waals surface area (Å²) in [5.41, 5.74) is 6.46. The Bertz CT molecular complexity index is 1990. The minimum Gasteiger partial charge on any atom is -0.485 e. The monoisotopic (exact) mass is 527 g/mol. The molecule has 4 heteroatoms. The van der Waals surface area contributed by atoms with E-state index in [1.165, 1.54) is 16.5 Å². The van der Waals surface area contributed by atoms with Crippen LogP contribution < -0.4 is 4.74 Å². The van der Waals surface area contributed by atoms with E-state index in [0.717, 1.165) is 33.4 Å². The van der Waals surface area contributed by atoms with Crippen LogP contribution in [-0.2, 0) is 0 Å². The van der Waals surface area contributed by atoms with Gasteiger partial charge in [-0.25, -0.2) is 15.0 Å². The standard InChI is InChI=1S/C37H25N3O/c1-2-11-25(12-3-1)35-38-36(40-37(39-35)29-21-20-24-10-4-5-13-26(24)22-29)28-15-8-14-27(23-28)30-17-9-19-33-34(30)31-16-6-7-18-32(31)41-33/h1-23,33-34H. The largest absolute Gasteiger partial charge is 0.485 e. The topological polar surface area (TPSA) is 47.9 Å². The maximum atomic E-state index is 6.28. The Morgan fingerprint density at radius 2 is 1.17 bits per heavy atom. The zero-order chi connectivity index (χ0) is 27.2. The van der Waals surface area contributed by atoms with Gasteiger partial charge < -0.3 is 4.74 Å². The number of rotatable bonds is 4. The lowest BCUT2D eigenvalue weighted by atomic mass is 9.81. The van der Waals surface area contributed by atoms with Gasteiger partial charge in [-0.05, 0) is 46.2 Å². The summed E-state index contributed by atoms with van der Waals surface area (Å²) in [7, 11) is 0. The van der Waals surface area contributed by atoms with Crippen molar-refractivity contribution in [1.82, 2.24) is 15.0 Å². The summed E-state index contributed by atoms with van der Waals surface area (Å²) in [6.07, 6.45) is 6.45. The van der Waals surface area contributed by atoms with E-state index in [1.807, 2.05) is 36.4 Å².